The number of rotatable bonds is 8. The van der Waals surface area contributed by atoms with E-state index in [1.54, 1.807) is 0 Å². The quantitative estimate of drug-likeness (QED) is 0.564. The number of ether oxygens (including phenoxy) is 1. The summed E-state index contributed by atoms with van der Waals surface area (Å²) < 4.78 is 5.53. The minimum absolute atomic E-state index is 0.0130. The first kappa shape index (κ1) is 19.9. The lowest BCUT2D eigenvalue weighted by Crippen LogP contribution is -2.41. The Hall–Kier alpha value is -3.44. The second kappa shape index (κ2) is 8.93. The number of nitrogens with one attached hydrogen (secondary N) is 1. The molecule has 0 amide bonds. The zero-order valence-electron chi connectivity index (χ0n) is 16.5. The third-order valence-corrected chi connectivity index (χ3v) is 5.45. The number of carboxylic acids is 1. The lowest BCUT2D eigenvalue weighted by atomic mass is 9.98. The third kappa shape index (κ3) is 4.26. The molecule has 0 saturated heterocycles. The molecule has 3 aromatic carbocycles. The fraction of sp³-hybridized carbons (Fsp3) is 0.200. The number of carboxylic acid groups (broad SMARTS) is 1. The monoisotopic (exact) mass is 401 g/mol. The second-order valence-electron chi connectivity index (χ2n) is 7.37. The molecule has 30 heavy (non-hydrogen) atoms. The number of carbonyl (C=O) groups excluding carboxylic acids is 1. The van der Waals surface area contributed by atoms with Gasteiger partial charge < -0.3 is 9.84 Å². The molecule has 2 N–H and O–H groups in total. The highest BCUT2D eigenvalue weighted by atomic mass is 16.5. The fourth-order valence-corrected chi connectivity index (χ4v) is 3.97. The number of hydrogen-bond donors (Lipinski definition) is 2. The van der Waals surface area contributed by atoms with Crippen LogP contribution in [0.15, 0.2) is 78.9 Å². The van der Waals surface area contributed by atoms with E-state index in [-0.39, 0.29) is 19.1 Å². The molecule has 5 nitrogen and oxygen atoms in total. The summed E-state index contributed by atoms with van der Waals surface area (Å²) in [4.78, 5) is 23.9. The Morgan fingerprint density at radius 2 is 1.43 bits per heavy atom. The second-order valence-corrected chi connectivity index (χ2v) is 7.37. The predicted molar refractivity (Wildman–Crippen MR) is 114 cm³/mol. The Morgan fingerprint density at radius 1 is 0.867 bits per heavy atom. The van der Waals surface area contributed by atoms with E-state index in [0.717, 1.165) is 16.7 Å². The van der Waals surface area contributed by atoms with Gasteiger partial charge in [0.1, 0.15) is 12.6 Å². The minimum atomic E-state index is -0.995. The van der Waals surface area contributed by atoms with Crippen LogP contribution in [0.1, 0.15) is 22.6 Å². The summed E-state index contributed by atoms with van der Waals surface area (Å²) in [5.74, 6) is -1.47. The van der Waals surface area contributed by atoms with Crippen molar-refractivity contribution < 1.29 is 19.4 Å². The van der Waals surface area contributed by atoms with Crippen LogP contribution < -0.4 is 5.32 Å². The number of hydrogen-bond acceptors (Lipinski definition) is 4. The highest BCUT2D eigenvalue weighted by Crippen LogP contribution is 2.44. The first-order valence-corrected chi connectivity index (χ1v) is 9.97. The van der Waals surface area contributed by atoms with Crippen molar-refractivity contribution in [3.63, 3.8) is 0 Å². The van der Waals surface area contributed by atoms with Crippen LogP contribution in [-0.2, 0) is 20.7 Å². The average molecular weight is 401 g/mol. The summed E-state index contributed by atoms with van der Waals surface area (Å²) in [6, 6.07) is 24.8. The normalized spacial score (nSPS) is 13.3. The van der Waals surface area contributed by atoms with Gasteiger partial charge in [-0.15, -0.1) is 0 Å². The van der Waals surface area contributed by atoms with E-state index in [0.29, 0.717) is 6.42 Å². The van der Waals surface area contributed by atoms with Gasteiger partial charge in [0, 0.05) is 5.92 Å². The summed E-state index contributed by atoms with van der Waals surface area (Å²) in [6.45, 7) is 0.0742. The molecule has 4 rings (SSSR count). The molecule has 0 aromatic heterocycles. The molecule has 0 unspecified atom stereocenters. The SMILES string of the molecule is O=C(CN[C@H](Cc1ccccc1)C(=O)O)OCC1c2ccccc2-c2ccccc21. The van der Waals surface area contributed by atoms with Crippen LogP contribution >= 0.6 is 0 Å². The molecule has 1 atom stereocenters. The van der Waals surface area contributed by atoms with E-state index in [9.17, 15) is 14.7 Å². The average Bonchev–Trinajstić information content (AvgIpc) is 3.09. The molecular formula is C25H23NO4. The van der Waals surface area contributed by atoms with E-state index in [4.69, 9.17) is 4.74 Å². The highest BCUT2D eigenvalue weighted by Gasteiger charge is 2.29. The Bertz CT molecular complexity index is 1000. The smallest absolute Gasteiger partial charge is 0.321 e. The number of benzene rings is 3. The maximum absolute atomic E-state index is 12.3. The number of aliphatic carboxylic acids is 1. The van der Waals surface area contributed by atoms with Crippen molar-refractivity contribution in [2.24, 2.45) is 0 Å². The summed E-state index contributed by atoms with van der Waals surface area (Å²) in [7, 11) is 0. The lowest BCUT2D eigenvalue weighted by Gasteiger charge is -2.16. The van der Waals surface area contributed by atoms with Gasteiger partial charge in [-0.2, -0.15) is 0 Å². The van der Waals surface area contributed by atoms with Gasteiger partial charge in [-0.25, -0.2) is 0 Å². The molecular weight excluding hydrogens is 378 g/mol. The van der Waals surface area contributed by atoms with Gasteiger partial charge in [0.25, 0.3) is 0 Å². The molecule has 1 aliphatic carbocycles. The van der Waals surface area contributed by atoms with Gasteiger partial charge in [-0.1, -0.05) is 78.9 Å². The molecule has 3 aromatic rings. The Kier molecular flexibility index (Phi) is 5.91. The largest absolute Gasteiger partial charge is 0.480 e. The van der Waals surface area contributed by atoms with Crippen molar-refractivity contribution in [2.45, 2.75) is 18.4 Å². The van der Waals surface area contributed by atoms with E-state index in [1.807, 2.05) is 54.6 Å². The number of carbonyl (C=O) groups is 2. The highest BCUT2D eigenvalue weighted by molar-refractivity contribution is 5.79. The minimum Gasteiger partial charge on any atom is -0.480 e. The molecule has 0 heterocycles. The van der Waals surface area contributed by atoms with Crippen LogP contribution in [0.5, 0.6) is 0 Å². The summed E-state index contributed by atoms with van der Waals surface area (Å²) in [6.07, 6.45) is 0.298. The predicted octanol–water partition coefficient (Wildman–Crippen LogP) is 3.63. The summed E-state index contributed by atoms with van der Waals surface area (Å²) in [5, 5.41) is 12.3. The molecule has 0 bridgehead atoms. The first-order valence-electron chi connectivity index (χ1n) is 9.97. The van der Waals surface area contributed by atoms with Gasteiger partial charge in [-0.3, -0.25) is 14.9 Å². The molecule has 0 saturated carbocycles. The van der Waals surface area contributed by atoms with Gasteiger partial charge in [0.15, 0.2) is 0 Å². The Labute approximate surface area is 175 Å². The van der Waals surface area contributed by atoms with Crippen molar-refractivity contribution in [2.75, 3.05) is 13.2 Å². The molecule has 152 valence electrons. The molecule has 1 aliphatic rings. The topological polar surface area (TPSA) is 75.6 Å². The van der Waals surface area contributed by atoms with Crippen LogP contribution in [0.2, 0.25) is 0 Å². The molecule has 0 radical (unpaired) electrons. The third-order valence-electron chi connectivity index (χ3n) is 5.45. The van der Waals surface area contributed by atoms with Gasteiger partial charge in [-0.05, 0) is 34.2 Å². The van der Waals surface area contributed by atoms with Crippen molar-refractivity contribution in [3.05, 3.63) is 95.6 Å². The maximum Gasteiger partial charge on any atom is 0.321 e. The van der Waals surface area contributed by atoms with Crippen LogP contribution in [0, 0.1) is 0 Å². The molecule has 0 fully saturated rings. The Balaban J connectivity index is 1.36. The van der Waals surface area contributed by atoms with Crippen molar-refractivity contribution in [1.29, 1.82) is 0 Å². The van der Waals surface area contributed by atoms with Crippen LogP contribution in [-0.4, -0.2) is 36.2 Å². The van der Waals surface area contributed by atoms with Crippen LogP contribution in [0.4, 0.5) is 0 Å². The van der Waals surface area contributed by atoms with E-state index in [2.05, 4.69) is 29.6 Å². The molecule has 0 spiro atoms. The molecule has 0 aliphatic heterocycles. The molecule has 5 heteroatoms. The standard InChI is InChI=1S/C25H23NO4/c27-24(15-26-23(25(28)29)14-17-8-2-1-3-9-17)30-16-22-20-12-6-4-10-18(20)19-11-5-7-13-21(19)22/h1-13,22-23,26H,14-16H2,(H,28,29)/t23-/m1/s1. The van der Waals surface area contributed by atoms with Crippen LogP contribution in [0.3, 0.4) is 0 Å². The van der Waals surface area contributed by atoms with Gasteiger partial charge >= 0.3 is 11.9 Å². The van der Waals surface area contributed by atoms with Crippen molar-refractivity contribution in [3.8, 4) is 11.1 Å². The van der Waals surface area contributed by atoms with Crippen molar-refractivity contribution >= 4 is 11.9 Å². The fourth-order valence-electron chi connectivity index (χ4n) is 3.97. The summed E-state index contributed by atoms with van der Waals surface area (Å²) >= 11 is 0. The van der Waals surface area contributed by atoms with E-state index < -0.39 is 18.0 Å². The zero-order valence-corrected chi connectivity index (χ0v) is 16.5. The summed E-state index contributed by atoms with van der Waals surface area (Å²) in [5.41, 5.74) is 5.52. The first-order chi connectivity index (χ1) is 14.6. The lowest BCUT2D eigenvalue weighted by molar-refractivity contribution is -0.144. The van der Waals surface area contributed by atoms with Crippen LogP contribution in [0.25, 0.3) is 11.1 Å². The Morgan fingerprint density at radius 3 is 2.03 bits per heavy atom. The van der Waals surface area contributed by atoms with E-state index in [1.165, 1.54) is 11.1 Å². The maximum atomic E-state index is 12.3. The van der Waals surface area contributed by atoms with E-state index >= 15 is 0 Å². The number of fused-ring (bicyclic) bond motifs is 3. The van der Waals surface area contributed by atoms with Gasteiger partial charge in [0.2, 0.25) is 0 Å². The zero-order chi connectivity index (χ0) is 20.9. The number of esters is 1. The van der Waals surface area contributed by atoms with Crippen molar-refractivity contribution in [1.82, 2.24) is 5.32 Å². The van der Waals surface area contributed by atoms with Gasteiger partial charge in [0.05, 0.1) is 6.54 Å².